The van der Waals surface area contributed by atoms with Gasteiger partial charge in [-0.15, -0.1) is 0 Å². The van der Waals surface area contributed by atoms with E-state index in [2.05, 4.69) is 49.2 Å². The van der Waals surface area contributed by atoms with Gasteiger partial charge >= 0.3 is 0 Å². The van der Waals surface area contributed by atoms with Crippen LogP contribution in [0.4, 0.5) is 0 Å². The highest BCUT2D eigenvalue weighted by Gasteiger charge is 2.17. The van der Waals surface area contributed by atoms with Gasteiger partial charge in [-0.3, -0.25) is 0 Å². The first-order valence-electron chi connectivity index (χ1n) is 6.43. The van der Waals surface area contributed by atoms with E-state index in [1.165, 1.54) is 5.56 Å². The summed E-state index contributed by atoms with van der Waals surface area (Å²) in [6.07, 6.45) is 2.74. The molecule has 1 N–H and O–H groups in total. The predicted octanol–water partition coefficient (Wildman–Crippen LogP) is 2.92. The highest BCUT2D eigenvalue weighted by atomic mass is 16.5. The number of hydrogen-bond donors (Lipinski definition) is 1. The molecule has 0 aliphatic rings. The second kappa shape index (κ2) is 5.06. The largest absolute Gasteiger partial charge is 0.336 e. The van der Waals surface area contributed by atoms with Gasteiger partial charge in [0.15, 0.2) is 0 Å². The molecule has 2 heterocycles. The van der Waals surface area contributed by atoms with Crippen molar-refractivity contribution in [3.63, 3.8) is 0 Å². The first-order chi connectivity index (χ1) is 8.49. The molecule has 0 fully saturated rings. The molecule has 0 bridgehead atoms. The summed E-state index contributed by atoms with van der Waals surface area (Å²) in [6, 6.07) is 2.13. The van der Waals surface area contributed by atoms with E-state index in [0.29, 0.717) is 5.71 Å². The molecular weight excluding hydrogens is 226 g/mol. The molecule has 0 amide bonds. The highest BCUT2D eigenvalue weighted by Crippen LogP contribution is 2.25. The second-order valence-electron chi connectivity index (χ2n) is 5.84. The summed E-state index contributed by atoms with van der Waals surface area (Å²) in [4.78, 5) is 4.32. The average Bonchev–Trinajstić information content (AvgIpc) is 2.67. The molecule has 98 valence electrons. The highest BCUT2D eigenvalue weighted by molar-refractivity contribution is 5.76. The molecule has 0 spiro atoms. The van der Waals surface area contributed by atoms with Crippen molar-refractivity contribution in [2.75, 3.05) is 6.54 Å². The van der Waals surface area contributed by atoms with Gasteiger partial charge in [-0.25, -0.2) is 4.98 Å². The van der Waals surface area contributed by atoms with E-state index in [9.17, 15) is 0 Å². The fraction of sp³-hybridized carbons (Fsp3) is 0.571. The molecule has 0 aromatic carbocycles. The minimum atomic E-state index is 0.196. The molecule has 4 heteroatoms. The first-order valence-corrected chi connectivity index (χ1v) is 6.43. The molecule has 0 unspecified atom stereocenters. The van der Waals surface area contributed by atoms with Crippen molar-refractivity contribution in [3.8, 4) is 0 Å². The number of nitrogens with zero attached hydrogens (tertiary/aromatic N) is 2. The lowest BCUT2D eigenvalue weighted by atomic mass is 9.90. The third kappa shape index (κ3) is 3.07. The van der Waals surface area contributed by atoms with Gasteiger partial charge in [0.2, 0.25) is 0 Å². The standard InChI is InChI=1S/C14H21N3O/c1-5-15-8-10-6-11-12(7-14(2,3)4)17-18-13(11)16-9-10/h6,9,15H,5,7-8H2,1-4H3. The topological polar surface area (TPSA) is 51.0 Å². The van der Waals surface area contributed by atoms with E-state index in [4.69, 9.17) is 4.52 Å². The van der Waals surface area contributed by atoms with Crippen molar-refractivity contribution in [2.45, 2.75) is 40.7 Å². The number of hydrogen-bond acceptors (Lipinski definition) is 4. The van der Waals surface area contributed by atoms with E-state index in [1.54, 1.807) is 0 Å². The van der Waals surface area contributed by atoms with Crippen LogP contribution in [-0.2, 0) is 13.0 Å². The van der Waals surface area contributed by atoms with E-state index in [0.717, 1.165) is 30.6 Å². The van der Waals surface area contributed by atoms with Gasteiger partial charge in [-0.2, -0.15) is 0 Å². The van der Waals surface area contributed by atoms with Crippen molar-refractivity contribution >= 4 is 11.1 Å². The summed E-state index contributed by atoms with van der Waals surface area (Å²) in [5.74, 6) is 0. The number of fused-ring (bicyclic) bond motifs is 1. The van der Waals surface area contributed by atoms with Gasteiger partial charge in [0.05, 0.1) is 11.1 Å². The summed E-state index contributed by atoms with van der Waals surface area (Å²) < 4.78 is 5.27. The smallest absolute Gasteiger partial charge is 0.257 e. The van der Waals surface area contributed by atoms with Crippen LogP contribution in [0.1, 0.15) is 39.0 Å². The Morgan fingerprint density at radius 2 is 2.11 bits per heavy atom. The van der Waals surface area contributed by atoms with Crippen LogP contribution >= 0.6 is 0 Å². The van der Waals surface area contributed by atoms with E-state index in [-0.39, 0.29) is 5.41 Å². The van der Waals surface area contributed by atoms with Crippen LogP contribution in [0.3, 0.4) is 0 Å². The van der Waals surface area contributed by atoms with E-state index >= 15 is 0 Å². The van der Waals surface area contributed by atoms with Gasteiger partial charge in [0.1, 0.15) is 0 Å². The summed E-state index contributed by atoms with van der Waals surface area (Å²) in [6.45, 7) is 10.5. The lowest BCUT2D eigenvalue weighted by Gasteiger charge is -2.15. The van der Waals surface area contributed by atoms with Crippen molar-refractivity contribution in [1.29, 1.82) is 0 Å². The molecule has 0 aliphatic heterocycles. The summed E-state index contributed by atoms with van der Waals surface area (Å²) in [5.41, 5.74) is 3.00. The summed E-state index contributed by atoms with van der Waals surface area (Å²) >= 11 is 0. The summed E-state index contributed by atoms with van der Waals surface area (Å²) in [7, 11) is 0. The van der Waals surface area contributed by atoms with Crippen LogP contribution in [0.15, 0.2) is 16.8 Å². The van der Waals surface area contributed by atoms with Crippen molar-refractivity contribution in [1.82, 2.24) is 15.5 Å². The number of nitrogens with one attached hydrogen (secondary N) is 1. The van der Waals surface area contributed by atoms with Crippen LogP contribution in [-0.4, -0.2) is 16.7 Å². The summed E-state index contributed by atoms with van der Waals surface area (Å²) in [5, 5.41) is 8.48. The number of aromatic nitrogens is 2. The monoisotopic (exact) mass is 247 g/mol. The molecular formula is C14H21N3O. The van der Waals surface area contributed by atoms with Crippen molar-refractivity contribution in [3.05, 3.63) is 23.5 Å². The molecule has 4 nitrogen and oxygen atoms in total. The van der Waals surface area contributed by atoms with Gasteiger partial charge < -0.3 is 9.84 Å². The van der Waals surface area contributed by atoms with E-state index in [1.807, 2.05) is 6.20 Å². The maximum atomic E-state index is 5.27. The van der Waals surface area contributed by atoms with Gasteiger partial charge in [-0.1, -0.05) is 32.9 Å². The lowest BCUT2D eigenvalue weighted by Crippen LogP contribution is -2.12. The molecule has 2 rings (SSSR count). The SMILES string of the molecule is CCNCc1cnc2onc(CC(C)(C)C)c2c1. The molecule has 2 aromatic rings. The zero-order valence-corrected chi connectivity index (χ0v) is 11.6. The van der Waals surface area contributed by atoms with Crippen molar-refractivity contribution in [2.24, 2.45) is 5.41 Å². The van der Waals surface area contributed by atoms with Gasteiger partial charge in [0.25, 0.3) is 5.71 Å². The van der Waals surface area contributed by atoms with Gasteiger partial charge in [-0.05, 0) is 30.0 Å². The molecule has 0 saturated heterocycles. The van der Waals surface area contributed by atoms with Crippen LogP contribution in [0.5, 0.6) is 0 Å². The third-order valence-electron chi connectivity index (χ3n) is 2.74. The Balaban J connectivity index is 2.31. The Hall–Kier alpha value is -1.42. The number of rotatable bonds is 4. The van der Waals surface area contributed by atoms with E-state index < -0.39 is 0 Å². The predicted molar refractivity (Wildman–Crippen MR) is 72.3 cm³/mol. The Morgan fingerprint density at radius 3 is 2.78 bits per heavy atom. The fourth-order valence-electron chi connectivity index (χ4n) is 1.92. The van der Waals surface area contributed by atoms with Crippen LogP contribution in [0.25, 0.3) is 11.1 Å². The molecule has 18 heavy (non-hydrogen) atoms. The Kier molecular flexibility index (Phi) is 3.66. The van der Waals surface area contributed by atoms with Crippen LogP contribution in [0, 0.1) is 5.41 Å². The molecule has 0 aliphatic carbocycles. The third-order valence-corrected chi connectivity index (χ3v) is 2.74. The van der Waals surface area contributed by atoms with Gasteiger partial charge in [0, 0.05) is 12.7 Å². The minimum absolute atomic E-state index is 0.196. The first kappa shape index (κ1) is 13.0. The Labute approximate surface area is 108 Å². The van der Waals surface area contributed by atoms with Crippen LogP contribution in [0.2, 0.25) is 0 Å². The molecule has 0 atom stereocenters. The quantitative estimate of drug-likeness (QED) is 0.902. The van der Waals surface area contributed by atoms with Crippen LogP contribution < -0.4 is 5.32 Å². The minimum Gasteiger partial charge on any atom is -0.336 e. The lowest BCUT2D eigenvalue weighted by molar-refractivity contribution is 0.380. The zero-order chi connectivity index (χ0) is 13.2. The normalized spacial score (nSPS) is 12.2. The molecule has 0 saturated carbocycles. The average molecular weight is 247 g/mol. The fourth-order valence-corrected chi connectivity index (χ4v) is 1.92. The Morgan fingerprint density at radius 1 is 1.33 bits per heavy atom. The number of pyridine rings is 1. The molecule has 0 radical (unpaired) electrons. The maximum absolute atomic E-state index is 5.27. The van der Waals surface area contributed by atoms with Crippen molar-refractivity contribution < 1.29 is 4.52 Å². The zero-order valence-electron chi connectivity index (χ0n) is 11.6. The Bertz CT molecular complexity index is 525. The molecule has 2 aromatic heterocycles. The maximum Gasteiger partial charge on any atom is 0.257 e. The second-order valence-corrected chi connectivity index (χ2v) is 5.84.